The highest BCUT2D eigenvalue weighted by molar-refractivity contribution is 7.92. The second-order valence-electron chi connectivity index (χ2n) is 8.59. The van der Waals surface area contributed by atoms with Crippen molar-refractivity contribution in [1.82, 2.24) is 9.99 Å². The fourth-order valence-electron chi connectivity index (χ4n) is 3.99. The number of hydrogen-bond donors (Lipinski definition) is 1. The van der Waals surface area contributed by atoms with E-state index >= 15 is 0 Å². The van der Waals surface area contributed by atoms with Gasteiger partial charge in [0.15, 0.2) is 0 Å². The first-order valence-corrected chi connectivity index (χ1v) is 13.0. The monoisotopic (exact) mass is 518 g/mol. The minimum atomic E-state index is -4.00. The van der Waals surface area contributed by atoms with E-state index in [0.29, 0.717) is 5.69 Å². The quantitative estimate of drug-likeness (QED) is 0.266. The number of aromatic nitrogens is 1. The Bertz CT molecular complexity index is 1530. The zero-order valence-corrected chi connectivity index (χ0v) is 21.5. The van der Waals surface area contributed by atoms with Gasteiger partial charge in [-0.05, 0) is 75.4 Å². The average Bonchev–Trinajstić information content (AvgIpc) is 3.16. The lowest BCUT2D eigenvalue weighted by atomic mass is 10.2. The van der Waals surface area contributed by atoms with E-state index in [1.54, 1.807) is 54.6 Å². The van der Waals surface area contributed by atoms with Gasteiger partial charge < -0.3 is 4.57 Å². The molecule has 0 saturated carbocycles. The summed E-state index contributed by atoms with van der Waals surface area (Å²) >= 11 is 0. The molecule has 0 unspecified atom stereocenters. The van der Waals surface area contributed by atoms with Crippen LogP contribution in [0.3, 0.4) is 0 Å². The average molecular weight is 519 g/mol. The Hall–Kier alpha value is -4.24. The summed E-state index contributed by atoms with van der Waals surface area (Å²) in [5, 5.41) is 4.06. The van der Waals surface area contributed by atoms with Gasteiger partial charge in [-0.25, -0.2) is 18.2 Å². The molecule has 0 spiro atoms. The number of amides is 1. The summed E-state index contributed by atoms with van der Waals surface area (Å²) in [7, 11) is -4.00. The van der Waals surface area contributed by atoms with Crippen molar-refractivity contribution in [2.75, 3.05) is 10.8 Å². The lowest BCUT2D eigenvalue weighted by Gasteiger charge is -2.23. The minimum absolute atomic E-state index is 0.0893. The molecule has 0 saturated heterocycles. The van der Waals surface area contributed by atoms with Crippen LogP contribution in [0.5, 0.6) is 0 Å². The molecular formula is C28H27FN4O3S. The van der Waals surface area contributed by atoms with Crippen molar-refractivity contribution in [3.05, 3.63) is 113 Å². The van der Waals surface area contributed by atoms with Gasteiger partial charge in [0.05, 0.1) is 16.8 Å². The summed E-state index contributed by atoms with van der Waals surface area (Å²) in [6.45, 7) is 5.23. The largest absolute Gasteiger partial charge is 0.318 e. The van der Waals surface area contributed by atoms with Crippen LogP contribution < -0.4 is 9.73 Å². The standard InChI is InChI=1S/C28H27FN4O3S/c1-20-9-15-27(16-10-20)37(35,36)32(25-7-5-4-6-8-25)19-28(34)31-30-18-23-17-21(2)33(22(23)3)26-13-11-24(29)12-14-26/h4-18H,19H2,1-3H3,(H,31,34)/b30-18-. The fraction of sp³-hybridized carbons (Fsp3) is 0.143. The summed E-state index contributed by atoms with van der Waals surface area (Å²) in [4.78, 5) is 12.9. The van der Waals surface area contributed by atoms with Gasteiger partial charge in [0.1, 0.15) is 12.4 Å². The van der Waals surface area contributed by atoms with Crippen molar-refractivity contribution in [3.63, 3.8) is 0 Å². The van der Waals surface area contributed by atoms with Gasteiger partial charge in [-0.1, -0.05) is 35.9 Å². The van der Waals surface area contributed by atoms with Crippen LogP contribution >= 0.6 is 0 Å². The van der Waals surface area contributed by atoms with Gasteiger partial charge in [-0.3, -0.25) is 9.10 Å². The molecule has 3 aromatic carbocycles. The number of benzene rings is 3. The number of para-hydroxylation sites is 1. The summed E-state index contributed by atoms with van der Waals surface area (Å²) < 4.78 is 43.1. The molecule has 0 atom stereocenters. The van der Waals surface area contributed by atoms with Crippen LogP contribution in [0.2, 0.25) is 0 Å². The normalized spacial score (nSPS) is 11.6. The molecule has 1 aromatic heterocycles. The molecule has 37 heavy (non-hydrogen) atoms. The number of hydrogen-bond acceptors (Lipinski definition) is 4. The molecule has 0 bridgehead atoms. The maximum absolute atomic E-state index is 13.4. The van der Waals surface area contributed by atoms with Gasteiger partial charge in [0.25, 0.3) is 15.9 Å². The van der Waals surface area contributed by atoms with Crippen LogP contribution in [0, 0.1) is 26.6 Å². The molecule has 1 heterocycles. The molecule has 4 aromatic rings. The van der Waals surface area contributed by atoms with Gasteiger partial charge in [0.2, 0.25) is 0 Å². The Morgan fingerprint density at radius 3 is 2.27 bits per heavy atom. The first-order valence-electron chi connectivity index (χ1n) is 11.6. The van der Waals surface area contributed by atoms with E-state index < -0.39 is 22.5 Å². The summed E-state index contributed by atoms with van der Waals surface area (Å²) in [6, 6.07) is 23.0. The zero-order chi connectivity index (χ0) is 26.6. The number of anilines is 1. The molecule has 0 fully saturated rings. The first kappa shape index (κ1) is 25.8. The number of carbonyl (C=O) groups excluding carboxylic acids is 1. The molecule has 1 amide bonds. The highest BCUT2D eigenvalue weighted by atomic mass is 32.2. The fourth-order valence-corrected chi connectivity index (χ4v) is 5.41. The number of nitrogens with one attached hydrogen (secondary N) is 1. The van der Waals surface area contributed by atoms with Crippen LogP contribution in [-0.4, -0.2) is 31.7 Å². The van der Waals surface area contributed by atoms with E-state index in [9.17, 15) is 17.6 Å². The molecule has 1 N–H and O–H groups in total. The lowest BCUT2D eigenvalue weighted by molar-refractivity contribution is -0.119. The van der Waals surface area contributed by atoms with E-state index in [4.69, 9.17) is 0 Å². The van der Waals surface area contributed by atoms with Gasteiger partial charge >= 0.3 is 0 Å². The number of sulfonamides is 1. The van der Waals surface area contributed by atoms with E-state index in [1.165, 1.54) is 30.5 Å². The summed E-state index contributed by atoms with van der Waals surface area (Å²) in [6.07, 6.45) is 1.50. The number of rotatable bonds is 8. The Labute approximate surface area is 215 Å². The van der Waals surface area contributed by atoms with Crippen LogP contribution in [-0.2, 0) is 14.8 Å². The number of halogens is 1. The Morgan fingerprint density at radius 2 is 1.62 bits per heavy atom. The molecule has 0 aliphatic rings. The second kappa shape index (κ2) is 10.8. The van der Waals surface area contributed by atoms with Gasteiger partial charge in [0, 0.05) is 22.6 Å². The van der Waals surface area contributed by atoms with Crippen molar-refractivity contribution in [3.8, 4) is 5.69 Å². The Balaban J connectivity index is 1.53. The summed E-state index contributed by atoms with van der Waals surface area (Å²) in [5.74, 6) is -0.909. The number of hydrazone groups is 1. The van der Waals surface area contributed by atoms with Crippen molar-refractivity contribution >= 4 is 27.8 Å². The zero-order valence-electron chi connectivity index (χ0n) is 20.7. The molecule has 0 radical (unpaired) electrons. The van der Waals surface area contributed by atoms with Crippen molar-refractivity contribution in [2.24, 2.45) is 5.10 Å². The van der Waals surface area contributed by atoms with Crippen LogP contribution in [0.25, 0.3) is 5.69 Å². The van der Waals surface area contributed by atoms with Gasteiger partial charge in [-0.15, -0.1) is 0 Å². The topological polar surface area (TPSA) is 83.8 Å². The predicted octanol–water partition coefficient (Wildman–Crippen LogP) is 4.89. The van der Waals surface area contributed by atoms with Crippen molar-refractivity contribution in [2.45, 2.75) is 25.7 Å². The SMILES string of the molecule is Cc1ccc(S(=O)(=O)N(CC(=O)N/N=C\c2cc(C)n(-c3ccc(F)cc3)c2C)c2ccccc2)cc1. The lowest BCUT2D eigenvalue weighted by Crippen LogP contribution is -2.39. The highest BCUT2D eigenvalue weighted by Gasteiger charge is 2.27. The number of aryl methyl sites for hydroxylation is 2. The van der Waals surface area contributed by atoms with E-state index in [-0.39, 0.29) is 10.7 Å². The molecular weight excluding hydrogens is 491 g/mol. The van der Waals surface area contributed by atoms with E-state index in [2.05, 4.69) is 10.5 Å². The smallest absolute Gasteiger partial charge is 0.264 e. The Morgan fingerprint density at radius 1 is 0.973 bits per heavy atom. The highest BCUT2D eigenvalue weighted by Crippen LogP contribution is 2.24. The van der Waals surface area contributed by atoms with Crippen LogP contribution in [0.1, 0.15) is 22.5 Å². The van der Waals surface area contributed by atoms with E-state index in [1.807, 2.05) is 31.4 Å². The number of nitrogens with zero attached hydrogens (tertiary/aromatic N) is 3. The van der Waals surface area contributed by atoms with Crippen molar-refractivity contribution in [1.29, 1.82) is 0 Å². The number of carbonyl (C=O) groups is 1. The van der Waals surface area contributed by atoms with Crippen molar-refractivity contribution < 1.29 is 17.6 Å². The Kier molecular flexibility index (Phi) is 7.54. The molecule has 9 heteroatoms. The minimum Gasteiger partial charge on any atom is -0.318 e. The van der Waals surface area contributed by atoms with Gasteiger partial charge in [-0.2, -0.15) is 5.10 Å². The third-order valence-electron chi connectivity index (χ3n) is 5.89. The molecule has 4 rings (SSSR count). The van der Waals surface area contributed by atoms with E-state index in [0.717, 1.165) is 32.5 Å². The van der Waals surface area contributed by atoms with Crippen LogP contribution in [0.15, 0.2) is 94.9 Å². The van der Waals surface area contributed by atoms with Crippen LogP contribution in [0.4, 0.5) is 10.1 Å². The molecule has 0 aliphatic carbocycles. The maximum Gasteiger partial charge on any atom is 0.264 e. The third kappa shape index (κ3) is 5.78. The molecule has 0 aliphatic heterocycles. The molecule has 190 valence electrons. The second-order valence-corrected chi connectivity index (χ2v) is 10.5. The maximum atomic E-state index is 13.4. The summed E-state index contributed by atoms with van der Waals surface area (Å²) in [5.41, 5.74) is 7.06. The first-order chi connectivity index (χ1) is 17.7. The third-order valence-corrected chi connectivity index (χ3v) is 7.68. The molecule has 7 nitrogen and oxygen atoms in total. The predicted molar refractivity (Wildman–Crippen MR) is 143 cm³/mol.